The maximum atomic E-state index is 12.1. The summed E-state index contributed by atoms with van der Waals surface area (Å²) in [5, 5.41) is 0. The molecule has 0 aliphatic rings. The fraction of sp³-hybridized carbons (Fsp3) is 0.444. The van der Waals surface area contributed by atoms with Gasteiger partial charge in [-0.15, -0.1) is 0 Å². The summed E-state index contributed by atoms with van der Waals surface area (Å²) in [6.07, 6.45) is -4.73. The topological polar surface area (TPSA) is 60.2 Å². The predicted octanol–water partition coefficient (Wildman–Crippen LogP) is 1.83. The van der Waals surface area contributed by atoms with Gasteiger partial charge in [-0.25, -0.2) is 10.8 Å². The number of anilines is 1. The first kappa shape index (κ1) is 12.7. The number of nitrogen functional groups attached to an aromatic ring is 1. The normalized spacial score (nSPS) is 13.6. The van der Waals surface area contributed by atoms with Gasteiger partial charge < -0.3 is 10.2 Å². The number of hydrazine groups is 1. The molecule has 0 aliphatic carbocycles. The number of nitrogens with one attached hydrogen (secondary N) is 1. The smallest absolute Gasteiger partial charge is 0.364 e. The first-order chi connectivity index (χ1) is 7.43. The van der Waals surface area contributed by atoms with Gasteiger partial charge in [0.1, 0.15) is 5.82 Å². The number of aromatic nitrogens is 1. The van der Waals surface area contributed by atoms with Crippen LogP contribution in [0.15, 0.2) is 18.3 Å². The van der Waals surface area contributed by atoms with Gasteiger partial charge in [0.15, 0.2) is 6.10 Å². The number of hydrogen-bond donors (Lipinski definition) is 2. The molecule has 0 saturated heterocycles. The Balaban J connectivity index is 2.48. The minimum absolute atomic E-state index is 0.140. The van der Waals surface area contributed by atoms with Gasteiger partial charge >= 0.3 is 6.18 Å². The fourth-order valence-corrected chi connectivity index (χ4v) is 0.911. The summed E-state index contributed by atoms with van der Waals surface area (Å²) in [7, 11) is 0. The van der Waals surface area contributed by atoms with Crippen molar-refractivity contribution in [3.63, 3.8) is 0 Å². The highest BCUT2D eigenvalue weighted by Crippen LogP contribution is 2.23. The van der Waals surface area contributed by atoms with Crippen LogP contribution in [0.25, 0.3) is 0 Å². The second kappa shape index (κ2) is 5.13. The van der Waals surface area contributed by atoms with Crippen molar-refractivity contribution < 1.29 is 17.9 Å². The Morgan fingerprint density at radius 2 is 2.19 bits per heavy atom. The van der Waals surface area contributed by atoms with Crippen LogP contribution in [0.1, 0.15) is 12.5 Å². The number of pyridine rings is 1. The lowest BCUT2D eigenvalue weighted by Crippen LogP contribution is -2.28. The van der Waals surface area contributed by atoms with Crippen molar-refractivity contribution in [1.29, 1.82) is 0 Å². The van der Waals surface area contributed by atoms with E-state index in [1.807, 2.05) is 0 Å². The molecule has 4 nitrogen and oxygen atoms in total. The van der Waals surface area contributed by atoms with Crippen molar-refractivity contribution in [3.05, 3.63) is 23.9 Å². The van der Waals surface area contributed by atoms with Crippen LogP contribution in [-0.4, -0.2) is 17.3 Å². The van der Waals surface area contributed by atoms with Crippen LogP contribution in [0.3, 0.4) is 0 Å². The third kappa shape index (κ3) is 3.67. The van der Waals surface area contributed by atoms with E-state index in [1.165, 1.54) is 6.20 Å². The number of alkyl halides is 3. The Labute approximate surface area is 90.6 Å². The van der Waals surface area contributed by atoms with Crippen molar-refractivity contribution >= 4 is 5.82 Å². The lowest BCUT2D eigenvalue weighted by Gasteiger charge is -2.16. The Kier molecular flexibility index (Phi) is 4.08. The summed E-state index contributed by atoms with van der Waals surface area (Å²) in [4.78, 5) is 3.84. The Bertz CT molecular complexity index is 326. The molecule has 7 heteroatoms. The maximum absolute atomic E-state index is 12.1. The molecule has 0 radical (unpaired) electrons. The summed E-state index contributed by atoms with van der Waals surface area (Å²) in [6, 6.07) is 3.14. The van der Waals surface area contributed by atoms with Gasteiger partial charge in [0, 0.05) is 6.20 Å². The molecule has 0 saturated carbocycles. The van der Waals surface area contributed by atoms with Gasteiger partial charge in [-0.3, -0.25) is 0 Å². The standard InChI is InChI=1S/C9H12F3N3O/c1-6(9(10,11)12)16-5-7-2-3-8(15-13)14-4-7/h2-4,6H,5,13H2,1H3,(H,14,15). The zero-order valence-corrected chi connectivity index (χ0v) is 8.58. The third-order valence-corrected chi connectivity index (χ3v) is 1.93. The van der Waals surface area contributed by atoms with Crippen LogP contribution < -0.4 is 11.3 Å². The highest BCUT2D eigenvalue weighted by molar-refractivity contribution is 5.33. The molecule has 16 heavy (non-hydrogen) atoms. The van der Waals surface area contributed by atoms with Crippen molar-refractivity contribution in [3.8, 4) is 0 Å². The molecule has 1 aromatic rings. The SMILES string of the molecule is CC(OCc1ccc(NN)nc1)C(F)(F)F. The average Bonchev–Trinajstić information content (AvgIpc) is 2.25. The molecule has 0 amide bonds. The highest BCUT2D eigenvalue weighted by atomic mass is 19.4. The summed E-state index contributed by atoms with van der Waals surface area (Å²) >= 11 is 0. The third-order valence-electron chi connectivity index (χ3n) is 1.93. The van der Waals surface area contributed by atoms with E-state index in [4.69, 9.17) is 5.84 Å². The number of nitrogens with two attached hydrogens (primary N) is 1. The molecule has 0 aliphatic heterocycles. The first-order valence-corrected chi connectivity index (χ1v) is 4.53. The average molecular weight is 235 g/mol. The molecule has 0 aromatic carbocycles. The van der Waals surface area contributed by atoms with Crippen molar-refractivity contribution in [1.82, 2.24) is 4.98 Å². The van der Waals surface area contributed by atoms with Gasteiger partial charge in [-0.05, 0) is 18.6 Å². The molecule has 1 aromatic heterocycles. The van der Waals surface area contributed by atoms with Gasteiger partial charge in [-0.1, -0.05) is 6.07 Å². The molecular weight excluding hydrogens is 223 g/mol. The molecule has 3 N–H and O–H groups in total. The second-order valence-corrected chi connectivity index (χ2v) is 3.19. The van der Waals surface area contributed by atoms with Crippen LogP contribution >= 0.6 is 0 Å². The maximum Gasteiger partial charge on any atom is 0.414 e. The monoisotopic (exact) mass is 235 g/mol. The summed E-state index contributed by atoms with van der Waals surface area (Å²) in [6.45, 7) is 0.821. The molecule has 1 atom stereocenters. The number of rotatable bonds is 4. The minimum atomic E-state index is -4.34. The summed E-state index contributed by atoms with van der Waals surface area (Å²) in [5.41, 5.74) is 2.86. The van der Waals surface area contributed by atoms with E-state index in [-0.39, 0.29) is 6.61 Å². The van der Waals surface area contributed by atoms with Gasteiger partial charge in [0.05, 0.1) is 6.61 Å². The largest absolute Gasteiger partial charge is 0.414 e. The fourth-order valence-electron chi connectivity index (χ4n) is 0.911. The van der Waals surface area contributed by atoms with E-state index in [9.17, 15) is 13.2 Å². The first-order valence-electron chi connectivity index (χ1n) is 4.53. The van der Waals surface area contributed by atoms with Crippen molar-refractivity contribution in [2.45, 2.75) is 25.8 Å². The molecule has 0 bridgehead atoms. The quantitative estimate of drug-likeness (QED) is 0.617. The summed E-state index contributed by atoms with van der Waals surface area (Å²) in [5.74, 6) is 5.52. The van der Waals surface area contributed by atoms with Crippen LogP contribution in [-0.2, 0) is 11.3 Å². The van der Waals surface area contributed by atoms with E-state index in [0.29, 0.717) is 11.4 Å². The van der Waals surface area contributed by atoms with E-state index in [2.05, 4.69) is 15.1 Å². The van der Waals surface area contributed by atoms with E-state index >= 15 is 0 Å². The van der Waals surface area contributed by atoms with E-state index in [1.54, 1.807) is 12.1 Å². The lowest BCUT2D eigenvalue weighted by molar-refractivity contribution is -0.217. The van der Waals surface area contributed by atoms with Crippen LogP contribution in [0, 0.1) is 0 Å². The number of hydrogen-bond acceptors (Lipinski definition) is 4. The Morgan fingerprint density at radius 1 is 1.50 bits per heavy atom. The number of ether oxygens (including phenoxy) is 1. The van der Waals surface area contributed by atoms with Gasteiger partial charge in [0.2, 0.25) is 0 Å². The molecule has 90 valence electrons. The molecular formula is C9H12F3N3O. The predicted molar refractivity (Wildman–Crippen MR) is 52.4 cm³/mol. The zero-order chi connectivity index (χ0) is 12.2. The van der Waals surface area contributed by atoms with Crippen molar-refractivity contribution in [2.24, 2.45) is 5.84 Å². The molecule has 0 spiro atoms. The van der Waals surface area contributed by atoms with Crippen LogP contribution in [0.4, 0.5) is 19.0 Å². The van der Waals surface area contributed by atoms with E-state index < -0.39 is 12.3 Å². The Hall–Kier alpha value is -1.34. The Morgan fingerprint density at radius 3 is 2.62 bits per heavy atom. The lowest BCUT2D eigenvalue weighted by atomic mass is 10.3. The van der Waals surface area contributed by atoms with Crippen LogP contribution in [0.5, 0.6) is 0 Å². The number of halogens is 3. The zero-order valence-electron chi connectivity index (χ0n) is 8.58. The molecule has 1 rings (SSSR count). The molecule has 1 heterocycles. The van der Waals surface area contributed by atoms with Crippen molar-refractivity contribution in [2.75, 3.05) is 5.43 Å². The highest BCUT2D eigenvalue weighted by Gasteiger charge is 2.36. The van der Waals surface area contributed by atoms with Gasteiger partial charge in [0.25, 0.3) is 0 Å². The molecule has 1 unspecified atom stereocenters. The second-order valence-electron chi connectivity index (χ2n) is 3.19. The molecule has 0 fully saturated rings. The van der Waals surface area contributed by atoms with E-state index in [0.717, 1.165) is 6.92 Å². The minimum Gasteiger partial charge on any atom is -0.364 e. The summed E-state index contributed by atoms with van der Waals surface area (Å²) < 4.78 is 41.0. The van der Waals surface area contributed by atoms with Gasteiger partial charge in [-0.2, -0.15) is 13.2 Å². The van der Waals surface area contributed by atoms with Crippen LogP contribution in [0.2, 0.25) is 0 Å². The number of nitrogens with zero attached hydrogens (tertiary/aromatic N) is 1.